The van der Waals surface area contributed by atoms with Crippen molar-refractivity contribution in [2.75, 3.05) is 23.9 Å². The minimum absolute atomic E-state index is 0.0802. The second kappa shape index (κ2) is 8.93. The van der Waals surface area contributed by atoms with E-state index in [-0.39, 0.29) is 11.3 Å². The average molecular weight is 432 g/mol. The third-order valence-electron chi connectivity index (χ3n) is 4.97. The molecular weight excluding hydrogens is 411 g/mol. The molecule has 0 bridgehead atoms. The van der Waals surface area contributed by atoms with Gasteiger partial charge in [0.05, 0.1) is 30.7 Å². The summed E-state index contributed by atoms with van der Waals surface area (Å²) in [5.74, 6) is -0.442. The Bertz CT molecular complexity index is 1200. The molecule has 7 heteroatoms. The minimum atomic E-state index is -0.533. The van der Waals surface area contributed by atoms with Gasteiger partial charge in [-0.2, -0.15) is 0 Å². The highest BCUT2D eigenvalue weighted by molar-refractivity contribution is 6.46. The molecule has 0 radical (unpaired) electrons. The van der Waals surface area contributed by atoms with Gasteiger partial charge in [-0.1, -0.05) is 30.3 Å². The molecule has 3 aromatic carbocycles. The van der Waals surface area contributed by atoms with Crippen LogP contribution < -0.4 is 19.7 Å². The molecule has 1 aliphatic rings. The van der Waals surface area contributed by atoms with E-state index in [0.717, 1.165) is 4.90 Å². The lowest BCUT2D eigenvalue weighted by atomic mass is 10.0. The van der Waals surface area contributed by atoms with E-state index in [4.69, 9.17) is 9.47 Å². The molecule has 0 spiro atoms. The maximum absolute atomic E-state index is 13.5. The van der Waals surface area contributed by atoms with E-state index in [1.54, 1.807) is 42.5 Å². The Morgan fingerprint density at radius 3 is 2.41 bits per heavy atom. The lowest BCUT2D eigenvalue weighted by Gasteiger charge is -2.16. The Labute approximate surface area is 184 Å². The van der Waals surface area contributed by atoms with Gasteiger partial charge in [-0.25, -0.2) is 9.29 Å². The Morgan fingerprint density at radius 1 is 0.938 bits per heavy atom. The number of para-hydroxylation sites is 2. The van der Waals surface area contributed by atoms with Crippen molar-refractivity contribution in [3.63, 3.8) is 0 Å². The second-order valence-electron chi connectivity index (χ2n) is 6.96. The third-order valence-corrected chi connectivity index (χ3v) is 4.97. The van der Waals surface area contributed by atoms with Crippen LogP contribution in [0.1, 0.15) is 12.5 Å². The van der Waals surface area contributed by atoms with Crippen LogP contribution >= 0.6 is 0 Å². The van der Waals surface area contributed by atoms with Crippen LogP contribution in [0.4, 0.5) is 15.8 Å². The quantitative estimate of drug-likeness (QED) is 0.552. The summed E-state index contributed by atoms with van der Waals surface area (Å²) in [5, 5.41) is 3.08. The van der Waals surface area contributed by atoms with E-state index in [1.165, 1.54) is 31.4 Å². The zero-order valence-corrected chi connectivity index (χ0v) is 17.6. The highest BCUT2D eigenvalue weighted by Crippen LogP contribution is 2.36. The van der Waals surface area contributed by atoms with Gasteiger partial charge in [-0.05, 0) is 48.9 Å². The number of carbonyl (C=O) groups excluding carboxylic acids is 2. The summed E-state index contributed by atoms with van der Waals surface area (Å²) in [7, 11) is 1.51. The summed E-state index contributed by atoms with van der Waals surface area (Å²) in [5.41, 5.74) is 1.55. The maximum atomic E-state index is 13.5. The molecule has 0 saturated heterocycles. The van der Waals surface area contributed by atoms with Gasteiger partial charge in [0.25, 0.3) is 11.8 Å². The van der Waals surface area contributed by atoms with E-state index in [2.05, 4.69) is 5.32 Å². The summed E-state index contributed by atoms with van der Waals surface area (Å²) >= 11 is 0. The number of benzene rings is 3. The second-order valence-corrected chi connectivity index (χ2v) is 6.96. The zero-order chi connectivity index (χ0) is 22.7. The van der Waals surface area contributed by atoms with Crippen molar-refractivity contribution in [2.45, 2.75) is 6.92 Å². The maximum Gasteiger partial charge on any atom is 0.282 e. The summed E-state index contributed by atoms with van der Waals surface area (Å²) in [6.07, 6.45) is 0. The van der Waals surface area contributed by atoms with Gasteiger partial charge in [0.2, 0.25) is 0 Å². The molecule has 3 aromatic rings. The first-order valence-corrected chi connectivity index (χ1v) is 10.1. The number of rotatable bonds is 7. The summed E-state index contributed by atoms with van der Waals surface area (Å²) in [6, 6.07) is 19.3. The van der Waals surface area contributed by atoms with Gasteiger partial charge in [0.15, 0.2) is 0 Å². The number of nitrogens with zero attached hydrogens (tertiary/aromatic N) is 1. The molecule has 0 saturated carbocycles. The van der Waals surface area contributed by atoms with E-state index in [0.29, 0.717) is 35.0 Å². The molecule has 0 fully saturated rings. The van der Waals surface area contributed by atoms with Crippen molar-refractivity contribution in [1.82, 2.24) is 0 Å². The zero-order valence-electron chi connectivity index (χ0n) is 17.6. The van der Waals surface area contributed by atoms with Crippen molar-refractivity contribution in [3.05, 3.63) is 89.9 Å². The molecule has 0 atom stereocenters. The Hall–Kier alpha value is -4.13. The molecule has 1 aliphatic heterocycles. The Morgan fingerprint density at radius 2 is 1.69 bits per heavy atom. The molecule has 162 valence electrons. The highest BCUT2D eigenvalue weighted by Gasteiger charge is 2.40. The Kier molecular flexibility index (Phi) is 5.89. The molecular formula is C25H21FN2O4. The lowest BCUT2D eigenvalue weighted by Crippen LogP contribution is -2.32. The van der Waals surface area contributed by atoms with E-state index >= 15 is 0 Å². The standard InChI is InChI=1S/C25H21FN2O4/c1-3-32-21-10-5-4-9-20(21)27-23-22(16-11-13-17(26)14-12-16)24(29)28(25(23)30)18-7-6-8-19(15-18)31-2/h4-15,27H,3H2,1-2H3. The van der Waals surface area contributed by atoms with Gasteiger partial charge < -0.3 is 14.8 Å². The first-order valence-electron chi connectivity index (χ1n) is 10.1. The van der Waals surface area contributed by atoms with Gasteiger partial charge in [0.1, 0.15) is 23.0 Å². The van der Waals surface area contributed by atoms with E-state index < -0.39 is 17.6 Å². The normalized spacial score (nSPS) is 13.5. The first kappa shape index (κ1) is 21.1. The van der Waals surface area contributed by atoms with Crippen molar-refractivity contribution in [3.8, 4) is 11.5 Å². The summed E-state index contributed by atoms with van der Waals surface area (Å²) < 4.78 is 24.4. The fourth-order valence-corrected chi connectivity index (χ4v) is 3.50. The third kappa shape index (κ3) is 3.92. The predicted octanol–water partition coefficient (Wildman–Crippen LogP) is 4.63. The lowest BCUT2D eigenvalue weighted by molar-refractivity contribution is -0.120. The van der Waals surface area contributed by atoms with Gasteiger partial charge in [-0.3, -0.25) is 9.59 Å². The van der Waals surface area contributed by atoms with Crippen LogP contribution in [-0.2, 0) is 9.59 Å². The topological polar surface area (TPSA) is 67.9 Å². The van der Waals surface area contributed by atoms with E-state index in [1.807, 2.05) is 13.0 Å². The number of amides is 2. The van der Waals surface area contributed by atoms with Crippen LogP contribution in [0.5, 0.6) is 11.5 Å². The molecule has 1 heterocycles. The van der Waals surface area contributed by atoms with Crippen LogP contribution in [0.3, 0.4) is 0 Å². The largest absolute Gasteiger partial charge is 0.497 e. The molecule has 0 unspecified atom stereocenters. The minimum Gasteiger partial charge on any atom is -0.497 e. The molecule has 0 aliphatic carbocycles. The molecule has 1 N–H and O–H groups in total. The van der Waals surface area contributed by atoms with Crippen LogP contribution in [0, 0.1) is 5.82 Å². The number of halogens is 1. The number of hydrogen-bond acceptors (Lipinski definition) is 5. The van der Waals surface area contributed by atoms with Gasteiger partial charge in [0, 0.05) is 6.07 Å². The monoisotopic (exact) mass is 432 g/mol. The van der Waals surface area contributed by atoms with Crippen LogP contribution in [0.25, 0.3) is 5.57 Å². The Balaban J connectivity index is 1.82. The first-order chi connectivity index (χ1) is 15.5. The van der Waals surface area contributed by atoms with Crippen LogP contribution in [0.2, 0.25) is 0 Å². The fraction of sp³-hybridized carbons (Fsp3) is 0.120. The van der Waals surface area contributed by atoms with Crippen molar-refractivity contribution in [1.29, 1.82) is 0 Å². The number of anilines is 2. The van der Waals surface area contributed by atoms with Gasteiger partial charge >= 0.3 is 0 Å². The summed E-state index contributed by atoms with van der Waals surface area (Å²) in [4.78, 5) is 28.0. The fourth-order valence-electron chi connectivity index (χ4n) is 3.50. The number of hydrogen-bond donors (Lipinski definition) is 1. The number of methoxy groups -OCH3 is 1. The highest BCUT2D eigenvalue weighted by atomic mass is 19.1. The molecule has 4 rings (SSSR count). The molecule has 32 heavy (non-hydrogen) atoms. The average Bonchev–Trinajstić information content (AvgIpc) is 3.05. The van der Waals surface area contributed by atoms with Crippen molar-refractivity contribution < 1.29 is 23.5 Å². The van der Waals surface area contributed by atoms with Crippen molar-refractivity contribution >= 4 is 28.8 Å². The predicted molar refractivity (Wildman–Crippen MR) is 120 cm³/mol. The number of carbonyl (C=O) groups is 2. The number of ether oxygens (including phenoxy) is 2. The molecule has 2 amide bonds. The summed E-state index contributed by atoms with van der Waals surface area (Å²) in [6.45, 7) is 2.29. The molecule has 6 nitrogen and oxygen atoms in total. The smallest absolute Gasteiger partial charge is 0.282 e. The van der Waals surface area contributed by atoms with Crippen LogP contribution in [0.15, 0.2) is 78.5 Å². The van der Waals surface area contributed by atoms with E-state index in [9.17, 15) is 14.0 Å². The number of nitrogens with one attached hydrogen (secondary N) is 1. The SMILES string of the molecule is CCOc1ccccc1NC1=C(c2ccc(F)cc2)C(=O)N(c2cccc(OC)c2)C1=O. The van der Waals surface area contributed by atoms with Gasteiger partial charge in [-0.15, -0.1) is 0 Å². The van der Waals surface area contributed by atoms with Crippen molar-refractivity contribution in [2.24, 2.45) is 0 Å². The molecule has 0 aromatic heterocycles. The van der Waals surface area contributed by atoms with Crippen LogP contribution in [-0.4, -0.2) is 25.5 Å². The number of imide groups is 1.